The molecule has 0 radical (unpaired) electrons. The Balaban J connectivity index is 1.40. The van der Waals surface area contributed by atoms with Crippen molar-refractivity contribution in [3.8, 4) is 11.4 Å². The average Bonchev–Trinajstić information content (AvgIpc) is 3.37. The SMILES string of the molecule is CC[C@@]1(O)C(=O)OCc2c1cc1n(c2=O)Cc2c-1nc1cc(F)c(C)c3c1c2[C@@H](NC(=O)C(O)c1ccc(C)cc1)CC3. The molecule has 4 heterocycles. The lowest BCUT2D eigenvalue weighted by molar-refractivity contribution is -0.172. The molecule has 0 bridgehead atoms. The Morgan fingerprint density at radius 1 is 1.19 bits per heavy atom. The second-order valence-electron chi connectivity index (χ2n) is 11.7. The highest BCUT2D eigenvalue weighted by molar-refractivity contribution is 5.94. The zero-order chi connectivity index (χ0) is 30.4. The minimum atomic E-state index is -1.98. The van der Waals surface area contributed by atoms with E-state index in [1.54, 1.807) is 32.0 Å². The quantitative estimate of drug-likeness (QED) is 0.275. The van der Waals surface area contributed by atoms with Gasteiger partial charge in [-0.1, -0.05) is 36.8 Å². The van der Waals surface area contributed by atoms with Crippen molar-refractivity contribution < 1.29 is 28.9 Å². The number of aromatic nitrogens is 2. The number of nitrogens with zero attached hydrogens (tertiary/aromatic N) is 2. The second-order valence-corrected chi connectivity index (χ2v) is 11.7. The van der Waals surface area contributed by atoms with E-state index in [-0.39, 0.29) is 30.7 Å². The third-order valence-electron chi connectivity index (χ3n) is 9.34. The zero-order valence-electron chi connectivity index (χ0n) is 24.0. The number of ether oxygens (including phenoxy) is 1. The third kappa shape index (κ3) is 3.89. The first-order valence-electron chi connectivity index (χ1n) is 14.4. The molecule has 10 heteroatoms. The van der Waals surface area contributed by atoms with Gasteiger partial charge in [-0.2, -0.15) is 0 Å². The summed E-state index contributed by atoms with van der Waals surface area (Å²) in [6.45, 7) is 5.16. The highest BCUT2D eigenvalue weighted by Gasteiger charge is 2.46. The maximum Gasteiger partial charge on any atom is 0.343 e. The normalized spacial score (nSPS) is 20.7. The maximum atomic E-state index is 15.1. The molecule has 3 atom stereocenters. The lowest BCUT2D eigenvalue weighted by Crippen LogP contribution is -2.44. The summed E-state index contributed by atoms with van der Waals surface area (Å²) in [7, 11) is 0. The molecule has 0 spiro atoms. The number of hydrogen-bond donors (Lipinski definition) is 3. The van der Waals surface area contributed by atoms with Gasteiger partial charge in [-0.15, -0.1) is 0 Å². The van der Waals surface area contributed by atoms with Crippen molar-refractivity contribution in [1.29, 1.82) is 0 Å². The van der Waals surface area contributed by atoms with Crippen LogP contribution in [0.3, 0.4) is 0 Å². The average molecular weight is 584 g/mol. The Bertz CT molecular complexity index is 1950. The summed E-state index contributed by atoms with van der Waals surface area (Å²) in [6.07, 6.45) is -0.438. The van der Waals surface area contributed by atoms with Crippen molar-refractivity contribution >= 4 is 22.8 Å². The largest absolute Gasteiger partial charge is 0.458 e. The van der Waals surface area contributed by atoms with Gasteiger partial charge in [-0.3, -0.25) is 9.59 Å². The molecule has 220 valence electrons. The molecule has 2 aromatic carbocycles. The van der Waals surface area contributed by atoms with E-state index >= 15 is 4.39 Å². The Kier molecular flexibility index (Phi) is 6.09. The fourth-order valence-corrected chi connectivity index (χ4v) is 6.85. The number of aryl methyl sites for hydroxylation is 2. The van der Waals surface area contributed by atoms with Gasteiger partial charge < -0.3 is 24.8 Å². The number of amides is 1. The lowest BCUT2D eigenvalue weighted by Gasteiger charge is -2.31. The first-order chi connectivity index (χ1) is 20.5. The fourth-order valence-electron chi connectivity index (χ4n) is 6.85. The number of benzene rings is 2. The van der Waals surface area contributed by atoms with Crippen LogP contribution in [0.5, 0.6) is 0 Å². The number of aliphatic hydroxyl groups excluding tert-OH is 1. The van der Waals surface area contributed by atoms with E-state index < -0.39 is 41.0 Å². The van der Waals surface area contributed by atoms with Crippen molar-refractivity contribution in [3.63, 3.8) is 0 Å². The Hall–Kier alpha value is -4.41. The van der Waals surface area contributed by atoms with Crippen LogP contribution in [0.25, 0.3) is 22.3 Å². The van der Waals surface area contributed by atoms with E-state index in [1.165, 1.54) is 10.6 Å². The topological polar surface area (TPSA) is 131 Å². The molecule has 1 amide bonds. The minimum absolute atomic E-state index is 0.0102. The molecule has 0 saturated heterocycles. The zero-order valence-corrected chi connectivity index (χ0v) is 24.0. The number of nitrogens with one attached hydrogen (secondary N) is 1. The number of cyclic esters (lactones) is 1. The van der Waals surface area contributed by atoms with E-state index in [0.717, 1.165) is 22.1 Å². The van der Waals surface area contributed by atoms with Gasteiger partial charge in [0.15, 0.2) is 11.7 Å². The molecule has 0 fully saturated rings. The summed E-state index contributed by atoms with van der Waals surface area (Å²) in [5.74, 6) is -1.78. The molecule has 43 heavy (non-hydrogen) atoms. The summed E-state index contributed by atoms with van der Waals surface area (Å²) >= 11 is 0. The molecule has 1 aliphatic carbocycles. The first-order valence-corrected chi connectivity index (χ1v) is 14.4. The van der Waals surface area contributed by atoms with Crippen LogP contribution < -0.4 is 10.9 Å². The maximum absolute atomic E-state index is 15.1. The number of hydrogen-bond acceptors (Lipinski definition) is 7. The van der Waals surface area contributed by atoms with Gasteiger partial charge >= 0.3 is 5.97 Å². The number of carbonyl (C=O) groups excluding carboxylic acids is 2. The summed E-state index contributed by atoms with van der Waals surface area (Å²) in [4.78, 5) is 44.5. The van der Waals surface area contributed by atoms with Crippen LogP contribution in [0.4, 0.5) is 4.39 Å². The van der Waals surface area contributed by atoms with Gasteiger partial charge in [0.1, 0.15) is 12.4 Å². The lowest BCUT2D eigenvalue weighted by atomic mass is 9.81. The standard InChI is InChI=1S/C33H30FN3O6/c1-4-33(42)21-11-25-28-19(13-37(25)31(40)20(21)14-43-32(33)41)27-23(36-30(39)29(38)17-7-5-15(2)6-8-17)10-9-18-16(3)22(34)12-24(35-28)26(18)27/h5-8,11-12,23,29,38,42H,4,9-10,13-14H2,1-3H3,(H,36,39)/t23-,29?,33-/m0/s1. The third-order valence-corrected chi connectivity index (χ3v) is 9.34. The number of rotatable bonds is 4. The number of fused-ring (bicyclic) bond motifs is 5. The Morgan fingerprint density at radius 2 is 1.93 bits per heavy atom. The molecule has 3 aliphatic rings. The van der Waals surface area contributed by atoms with Crippen molar-refractivity contribution in [3.05, 3.63) is 97.1 Å². The molecule has 2 aromatic heterocycles. The van der Waals surface area contributed by atoms with Crippen LogP contribution in [-0.4, -0.2) is 31.6 Å². The van der Waals surface area contributed by atoms with E-state index in [4.69, 9.17) is 9.72 Å². The highest BCUT2D eigenvalue weighted by Crippen LogP contribution is 2.46. The van der Waals surface area contributed by atoms with Gasteiger partial charge in [-0.05, 0) is 61.4 Å². The predicted molar refractivity (Wildman–Crippen MR) is 155 cm³/mol. The molecule has 4 aromatic rings. The van der Waals surface area contributed by atoms with Crippen molar-refractivity contribution in [2.75, 3.05) is 0 Å². The summed E-state index contributed by atoms with van der Waals surface area (Å²) in [5, 5.41) is 25.9. The molecule has 1 unspecified atom stereocenters. The minimum Gasteiger partial charge on any atom is -0.458 e. The Labute approximate surface area is 246 Å². The van der Waals surface area contributed by atoms with E-state index in [1.807, 2.05) is 19.1 Å². The molecule has 3 N–H and O–H groups in total. The van der Waals surface area contributed by atoms with E-state index in [2.05, 4.69) is 5.32 Å². The number of halogens is 1. The summed E-state index contributed by atoms with van der Waals surface area (Å²) < 4.78 is 21.8. The van der Waals surface area contributed by atoms with Crippen LogP contribution in [0.1, 0.15) is 76.4 Å². The van der Waals surface area contributed by atoms with E-state index in [9.17, 15) is 24.6 Å². The molecular formula is C33H30FN3O6. The van der Waals surface area contributed by atoms with Crippen LogP contribution in [0, 0.1) is 19.7 Å². The smallest absolute Gasteiger partial charge is 0.343 e. The number of esters is 1. The Morgan fingerprint density at radius 3 is 2.65 bits per heavy atom. The number of pyridine rings is 2. The summed E-state index contributed by atoms with van der Waals surface area (Å²) in [5.41, 5.74) is 3.41. The molecular weight excluding hydrogens is 553 g/mol. The molecule has 7 rings (SSSR count). The van der Waals surface area contributed by atoms with Crippen LogP contribution >= 0.6 is 0 Å². The molecule has 0 saturated carbocycles. The molecule has 2 aliphatic heterocycles. The van der Waals surface area contributed by atoms with Crippen LogP contribution in [0.2, 0.25) is 0 Å². The van der Waals surface area contributed by atoms with Gasteiger partial charge in [-0.25, -0.2) is 14.2 Å². The van der Waals surface area contributed by atoms with Gasteiger partial charge in [0.25, 0.3) is 11.5 Å². The van der Waals surface area contributed by atoms with Gasteiger partial charge in [0.2, 0.25) is 0 Å². The van der Waals surface area contributed by atoms with Gasteiger partial charge in [0, 0.05) is 22.6 Å². The van der Waals surface area contributed by atoms with Crippen LogP contribution in [0.15, 0.2) is 41.2 Å². The highest BCUT2D eigenvalue weighted by atomic mass is 19.1. The molecule has 9 nitrogen and oxygen atoms in total. The number of carbonyl (C=O) groups is 2. The first kappa shape index (κ1) is 27.4. The van der Waals surface area contributed by atoms with Crippen molar-refractivity contribution in [2.45, 2.75) is 70.9 Å². The van der Waals surface area contributed by atoms with Crippen molar-refractivity contribution in [2.24, 2.45) is 0 Å². The van der Waals surface area contributed by atoms with Crippen LogP contribution in [-0.2, 0) is 39.5 Å². The van der Waals surface area contributed by atoms with Crippen molar-refractivity contribution in [1.82, 2.24) is 14.9 Å². The van der Waals surface area contributed by atoms with E-state index in [0.29, 0.717) is 46.4 Å². The second kappa shape index (κ2) is 9.55. The monoisotopic (exact) mass is 583 g/mol. The summed E-state index contributed by atoms with van der Waals surface area (Å²) in [6, 6.07) is 9.50. The predicted octanol–water partition coefficient (Wildman–Crippen LogP) is 3.67. The van der Waals surface area contributed by atoms with Gasteiger partial charge in [0.05, 0.1) is 35.1 Å². The fraction of sp³-hybridized carbons (Fsp3) is 0.333. The number of aliphatic hydroxyl groups is 2.